The van der Waals surface area contributed by atoms with Crippen LogP contribution in [-0.4, -0.2) is 25.3 Å². The molecule has 0 amide bonds. The monoisotopic (exact) mass is 280 g/mol. The fourth-order valence-electron chi connectivity index (χ4n) is 5.69. The van der Waals surface area contributed by atoms with Gasteiger partial charge in [-0.1, -0.05) is 13.8 Å². The van der Waals surface area contributed by atoms with E-state index in [0.717, 1.165) is 38.7 Å². The summed E-state index contributed by atoms with van der Waals surface area (Å²) >= 11 is 0. The Morgan fingerprint density at radius 2 is 1.95 bits per heavy atom. The maximum Gasteiger partial charge on any atom is 0.311 e. The van der Waals surface area contributed by atoms with E-state index >= 15 is 0 Å². The Hall–Kier alpha value is -0.570. The molecule has 5 atom stereocenters. The Morgan fingerprint density at radius 1 is 1.20 bits per heavy atom. The van der Waals surface area contributed by atoms with Crippen molar-refractivity contribution in [3.05, 3.63) is 0 Å². The van der Waals surface area contributed by atoms with Crippen LogP contribution in [0, 0.1) is 22.7 Å². The topological polar surface area (TPSA) is 35.5 Å². The van der Waals surface area contributed by atoms with Crippen molar-refractivity contribution in [1.82, 2.24) is 0 Å². The van der Waals surface area contributed by atoms with Crippen LogP contribution in [-0.2, 0) is 14.3 Å². The Kier molecular flexibility index (Phi) is 3.20. The molecular formula is C17H28O3. The molecule has 1 spiro atoms. The van der Waals surface area contributed by atoms with Gasteiger partial charge in [-0.2, -0.15) is 0 Å². The van der Waals surface area contributed by atoms with Crippen LogP contribution in [0.1, 0.15) is 59.3 Å². The third-order valence-corrected chi connectivity index (χ3v) is 7.15. The second-order valence-electron chi connectivity index (χ2n) is 7.70. The van der Waals surface area contributed by atoms with Gasteiger partial charge in [0.15, 0.2) is 0 Å². The average Bonchev–Trinajstić information content (AvgIpc) is 2.77. The number of carbonyl (C=O) groups excluding carboxylic acids is 1. The largest absolute Gasteiger partial charge is 0.469 e. The van der Waals surface area contributed by atoms with Crippen molar-refractivity contribution in [3.8, 4) is 0 Å². The molecule has 1 saturated heterocycles. The summed E-state index contributed by atoms with van der Waals surface area (Å²) in [5.41, 5.74) is -0.226. The fraction of sp³-hybridized carbons (Fsp3) is 0.941. The summed E-state index contributed by atoms with van der Waals surface area (Å²) < 4.78 is 11.6. The summed E-state index contributed by atoms with van der Waals surface area (Å²) in [5, 5.41) is 0. The average molecular weight is 280 g/mol. The first-order valence-electron chi connectivity index (χ1n) is 8.13. The van der Waals surface area contributed by atoms with E-state index in [1.165, 1.54) is 13.5 Å². The fourth-order valence-corrected chi connectivity index (χ4v) is 5.69. The van der Waals surface area contributed by atoms with Gasteiger partial charge in [0.05, 0.1) is 18.1 Å². The smallest absolute Gasteiger partial charge is 0.311 e. The number of hydrogen-bond donors (Lipinski definition) is 0. The first kappa shape index (κ1) is 14.4. The third kappa shape index (κ3) is 1.53. The quantitative estimate of drug-likeness (QED) is 0.689. The van der Waals surface area contributed by atoms with Crippen LogP contribution < -0.4 is 0 Å². The van der Waals surface area contributed by atoms with Gasteiger partial charge in [0.2, 0.25) is 0 Å². The second kappa shape index (κ2) is 4.46. The molecule has 0 radical (unpaired) electrons. The molecule has 1 aliphatic heterocycles. The van der Waals surface area contributed by atoms with Gasteiger partial charge in [0.1, 0.15) is 0 Å². The zero-order chi connectivity index (χ0) is 14.6. The van der Waals surface area contributed by atoms with Crippen molar-refractivity contribution in [2.75, 3.05) is 13.7 Å². The van der Waals surface area contributed by atoms with E-state index in [0.29, 0.717) is 11.8 Å². The molecule has 3 fully saturated rings. The maximum absolute atomic E-state index is 12.4. The molecule has 3 heteroatoms. The highest BCUT2D eigenvalue weighted by atomic mass is 16.5. The van der Waals surface area contributed by atoms with Crippen LogP contribution in [0.5, 0.6) is 0 Å². The van der Waals surface area contributed by atoms with Gasteiger partial charge in [-0.3, -0.25) is 4.79 Å². The summed E-state index contributed by atoms with van der Waals surface area (Å²) in [7, 11) is 1.52. The van der Waals surface area contributed by atoms with Crippen molar-refractivity contribution >= 4 is 5.97 Å². The highest BCUT2D eigenvalue weighted by Crippen LogP contribution is 2.66. The van der Waals surface area contributed by atoms with Gasteiger partial charge < -0.3 is 9.47 Å². The molecule has 0 aromatic carbocycles. The molecule has 0 unspecified atom stereocenters. The molecule has 0 bridgehead atoms. The van der Waals surface area contributed by atoms with E-state index in [9.17, 15) is 4.79 Å². The van der Waals surface area contributed by atoms with E-state index in [2.05, 4.69) is 20.8 Å². The van der Waals surface area contributed by atoms with Crippen LogP contribution in [0.15, 0.2) is 0 Å². The zero-order valence-electron chi connectivity index (χ0n) is 13.3. The molecular weight excluding hydrogens is 252 g/mol. The van der Waals surface area contributed by atoms with Gasteiger partial charge in [0.25, 0.3) is 0 Å². The summed E-state index contributed by atoms with van der Waals surface area (Å²) in [5.74, 6) is 0.968. The normalized spacial score (nSPS) is 51.2. The standard InChI is InChI=1S/C17H28O3/c1-12-6-7-13-15(2,14(18)19-4)8-5-9-17(13)16(12,3)10-11-20-17/h12-13H,5-11H2,1-4H3/t12-,13-,15+,16+,17-/m1/s1. The van der Waals surface area contributed by atoms with Crippen molar-refractivity contribution in [3.63, 3.8) is 0 Å². The van der Waals surface area contributed by atoms with Gasteiger partial charge in [-0.05, 0) is 51.4 Å². The number of methoxy groups -OCH3 is 1. The molecule has 20 heavy (non-hydrogen) atoms. The summed E-state index contributed by atoms with van der Waals surface area (Å²) in [6, 6.07) is 0. The van der Waals surface area contributed by atoms with Crippen LogP contribution in [0.4, 0.5) is 0 Å². The maximum atomic E-state index is 12.4. The van der Waals surface area contributed by atoms with Crippen molar-refractivity contribution in [1.29, 1.82) is 0 Å². The Balaban J connectivity index is 2.05. The van der Waals surface area contributed by atoms with E-state index in [1.54, 1.807) is 0 Å². The van der Waals surface area contributed by atoms with E-state index in [1.807, 2.05) is 0 Å². The van der Waals surface area contributed by atoms with Crippen LogP contribution >= 0.6 is 0 Å². The lowest BCUT2D eigenvalue weighted by Gasteiger charge is -2.61. The molecule has 0 N–H and O–H groups in total. The number of rotatable bonds is 1. The molecule has 3 rings (SSSR count). The highest BCUT2D eigenvalue weighted by molar-refractivity contribution is 5.77. The predicted octanol–water partition coefficient (Wildman–Crippen LogP) is 3.56. The van der Waals surface area contributed by atoms with Crippen LogP contribution in [0.3, 0.4) is 0 Å². The molecule has 3 aliphatic rings. The van der Waals surface area contributed by atoms with Crippen LogP contribution in [0.25, 0.3) is 0 Å². The summed E-state index contributed by atoms with van der Waals surface area (Å²) in [6.07, 6.45) is 6.58. The summed E-state index contributed by atoms with van der Waals surface area (Å²) in [4.78, 5) is 12.4. The minimum Gasteiger partial charge on any atom is -0.469 e. The van der Waals surface area contributed by atoms with Crippen molar-refractivity contribution in [2.24, 2.45) is 22.7 Å². The lowest BCUT2D eigenvalue weighted by molar-refractivity contribution is -0.212. The Morgan fingerprint density at radius 3 is 2.65 bits per heavy atom. The molecule has 0 aromatic rings. The number of carbonyl (C=O) groups is 1. The first-order chi connectivity index (χ1) is 9.41. The summed E-state index contributed by atoms with van der Waals surface area (Å²) in [6.45, 7) is 7.74. The highest BCUT2D eigenvalue weighted by Gasteiger charge is 2.67. The van der Waals surface area contributed by atoms with E-state index in [4.69, 9.17) is 9.47 Å². The molecule has 114 valence electrons. The van der Waals surface area contributed by atoms with Gasteiger partial charge in [0, 0.05) is 17.9 Å². The molecule has 2 saturated carbocycles. The SMILES string of the molecule is COC(=O)[C@@]1(C)CCC[C@]23OCC[C@@]2(C)[C@H](C)CC[C@H]13. The van der Waals surface area contributed by atoms with Crippen molar-refractivity contribution < 1.29 is 14.3 Å². The minimum absolute atomic E-state index is 0.0334. The lowest BCUT2D eigenvalue weighted by Crippen LogP contribution is -2.63. The zero-order valence-corrected chi connectivity index (χ0v) is 13.3. The Bertz CT molecular complexity index is 420. The molecule has 2 aliphatic carbocycles. The van der Waals surface area contributed by atoms with Crippen molar-refractivity contribution in [2.45, 2.75) is 64.9 Å². The molecule has 0 aromatic heterocycles. The van der Waals surface area contributed by atoms with Crippen LogP contribution in [0.2, 0.25) is 0 Å². The first-order valence-corrected chi connectivity index (χ1v) is 8.13. The molecule has 3 nitrogen and oxygen atoms in total. The van der Waals surface area contributed by atoms with Gasteiger partial charge >= 0.3 is 5.97 Å². The number of hydrogen-bond acceptors (Lipinski definition) is 3. The number of ether oxygens (including phenoxy) is 2. The third-order valence-electron chi connectivity index (χ3n) is 7.15. The minimum atomic E-state index is -0.362. The van der Waals surface area contributed by atoms with Gasteiger partial charge in [-0.25, -0.2) is 0 Å². The molecule has 1 heterocycles. The van der Waals surface area contributed by atoms with Gasteiger partial charge in [-0.15, -0.1) is 0 Å². The lowest BCUT2D eigenvalue weighted by atomic mass is 9.46. The number of esters is 1. The van der Waals surface area contributed by atoms with E-state index < -0.39 is 0 Å². The Labute approximate surface area is 122 Å². The second-order valence-corrected chi connectivity index (χ2v) is 7.70. The predicted molar refractivity (Wildman–Crippen MR) is 77.3 cm³/mol. The van der Waals surface area contributed by atoms with E-state index in [-0.39, 0.29) is 22.4 Å².